The molecule has 0 aromatic heterocycles. The molecule has 0 aliphatic carbocycles. The molecule has 8 heteroatoms. The zero-order valence-electron chi connectivity index (χ0n) is 14.0. The average molecular weight is 355 g/mol. The fourth-order valence-corrected chi connectivity index (χ4v) is 2.89. The summed E-state index contributed by atoms with van der Waals surface area (Å²) in [6, 6.07) is 11.2. The van der Waals surface area contributed by atoms with E-state index >= 15 is 0 Å². The first-order valence-electron chi connectivity index (χ1n) is 8.02. The van der Waals surface area contributed by atoms with Crippen molar-refractivity contribution in [3.8, 4) is 0 Å². The third-order valence-corrected chi connectivity index (χ3v) is 4.25. The number of amides is 1. The average Bonchev–Trinajstić information content (AvgIpc) is 3.05. The van der Waals surface area contributed by atoms with Crippen molar-refractivity contribution in [3.63, 3.8) is 0 Å². The smallest absolute Gasteiger partial charge is 0.339 e. The number of para-hydroxylation sites is 1. The molecule has 1 atom stereocenters. The van der Waals surface area contributed by atoms with Gasteiger partial charge in [-0.1, -0.05) is 18.2 Å². The van der Waals surface area contributed by atoms with Crippen molar-refractivity contribution >= 4 is 28.9 Å². The zero-order chi connectivity index (χ0) is 18.8. The van der Waals surface area contributed by atoms with E-state index in [4.69, 9.17) is 10.5 Å². The highest BCUT2D eigenvalue weighted by Gasteiger charge is 2.30. The number of rotatable bonds is 4. The predicted molar refractivity (Wildman–Crippen MR) is 94.9 cm³/mol. The van der Waals surface area contributed by atoms with Crippen LogP contribution in [0, 0.1) is 10.1 Å². The van der Waals surface area contributed by atoms with Gasteiger partial charge in [0.2, 0.25) is 0 Å². The van der Waals surface area contributed by atoms with Crippen molar-refractivity contribution in [2.24, 2.45) is 0 Å². The Kier molecular flexibility index (Phi) is 4.57. The number of nitrogens with zero attached hydrogens (tertiary/aromatic N) is 2. The van der Waals surface area contributed by atoms with Gasteiger partial charge in [-0.2, -0.15) is 0 Å². The molecule has 0 saturated heterocycles. The first-order chi connectivity index (χ1) is 12.4. The molecule has 134 valence electrons. The van der Waals surface area contributed by atoms with Gasteiger partial charge in [-0.25, -0.2) is 4.79 Å². The van der Waals surface area contributed by atoms with Gasteiger partial charge in [0.25, 0.3) is 11.6 Å². The Bertz CT molecular complexity index is 896. The molecule has 3 rings (SSSR count). The van der Waals surface area contributed by atoms with Crippen LogP contribution >= 0.6 is 0 Å². The Labute approximate surface area is 149 Å². The first-order valence-corrected chi connectivity index (χ1v) is 8.02. The maximum Gasteiger partial charge on any atom is 0.339 e. The van der Waals surface area contributed by atoms with Gasteiger partial charge >= 0.3 is 5.97 Å². The number of esters is 1. The molecule has 0 radical (unpaired) electrons. The molecule has 1 aliphatic rings. The van der Waals surface area contributed by atoms with E-state index in [0.717, 1.165) is 23.7 Å². The van der Waals surface area contributed by atoms with Crippen LogP contribution in [-0.2, 0) is 16.0 Å². The summed E-state index contributed by atoms with van der Waals surface area (Å²) in [7, 11) is 0. The third kappa shape index (κ3) is 3.21. The molecule has 0 bridgehead atoms. The van der Waals surface area contributed by atoms with Gasteiger partial charge < -0.3 is 15.4 Å². The number of hydrogen-bond acceptors (Lipinski definition) is 6. The summed E-state index contributed by atoms with van der Waals surface area (Å²) in [5, 5.41) is 10.9. The highest BCUT2D eigenvalue weighted by molar-refractivity contribution is 6.00. The van der Waals surface area contributed by atoms with Gasteiger partial charge in [-0.3, -0.25) is 14.9 Å². The monoisotopic (exact) mass is 355 g/mol. The molecule has 26 heavy (non-hydrogen) atoms. The molecular weight excluding hydrogens is 338 g/mol. The SMILES string of the molecule is C[C@@H](OC(=O)c1ccc(N)c([N+](=O)[O-])c1)C(=O)N1CCc2ccccc21. The maximum absolute atomic E-state index is 12.6. The highest BCUT2D eigenvalue weighted by atomic mass is 16.6. The molecule has 2 N–H and O–H groups in total. The molecule has 1 aliphatic heterocycles. The Morgan fingerprint density at radius 1 is 1.27 bits per heavy atom. The van der Waals surface area contributed by atoms with Crippen LogP contribution in [0.2, 0.25) is 0 Å². The Morgan fingerprint density at radius 3 is 2.73 bits per heavy atom. The number of nitrogens with two attached hydrogens (primary N) is 1. The first kappa shape index (κ1) is 17.4. The predicted octanol–water partition coefficient (Wildman–Crippen LogP) is 2.31. The minimum absolute atomic E-state index is 0.0348. The lowest BCUT2D eigenvalue weighted by molar-refractivity contribution is -0.383. The van der Waals surface area contributed by atoms with Crippen molar-refractivity contribution in [1.29, 1.82) is 0 Å². The van der Waals surface area contributed by atoms with Crippen molar-refractivity contribution in [3.05, 3.63) is 63.7 Å². The number of nitro groups is 1. The molecule has 0 fully saturated rings. The van der Waals surface area contributed by atoms with Gasteiger partial charge in [-0.15, -0.1) is 0 Å². The van der Waals surface area contributed by atoms with Crippen molar-refractivity contribution in [2.75, 3.05) is 17.2 Å². The van der Waals surface area contributed by atoms with Crippen LogP contribution in [0.1, 0.15) is 22.8 Å². The summed E-state index contributed by atoms with van der Waals surface area (Å²) in [6.07, 6.45) is -0.280. The van der Waals surface area contributed by atoms with Crippen LogP contribution in [0.15, 0.2) is 42.5 Å². The number of nitro benzene ring substituents is 1. The van der Waals surface area contributed by atoms with Crippen molar-refractivity contribution < 1.29 is 19.2 Å². The van der Waals surface area contributed by atoms with Gasteiger partial charge in [0.1, 0.15) is 5.69 Å². The van der Waals surface area contributed by atoms with Gasteiger partial charge in [-0.05, 0) is 37.1 Å². The number of benzene rings is 2. The molecule has 0 spiro atoms. The lowest BCUT2D eigenvalue weighted by Crippen LogP contribution is -2.39. The van der Waals surface area contributed by atoms with Crippen LogP contribution in [0.3, 0.4) is 0 Å². The number of hydrogen-bond donors (Lipinski definition) is 1. The van der Waals surface area contributed by atoms with Crippen LogP contribution in [-0.4, -0.2) is 29.4 Å². The lowest BCUT2D eigenvalue weighted by Gasteiger charge is -2.21. The van der Waals surface area contributed by atoms with Gasteiger partial charge in [0.05, 0.1) is 10.5 Å². The third-order valence-electron chi connectivity index (χ3n) is 4.25. The topological polar surface area (TPSA) is 116 Å². The molecule has 2 aromatic rings. The molecule has 0 saturated carbocycles. The fourth-order valence-electron chi connectivity index (χ4n) is 2.89. The highest BCUT2D eigenvalue weighted by Crippen LogP contribution is 2.28. The molecule has 0 unspecified atom stereocenters. The number of carbonyl (C=O) groups excluding carboxylic acids is 2. The molecular formula is C18H17N3O5. The minimum atomic E-state index is -1.02. The summed E-state index contributed by atoms with van der Waals surface area (Å²) in [4.78, 5) is 36.7. The van der Waals surface area contributed by atoms with E-state index < -0.39 is 17.0 Å². The van der Waals surface area contributed by atoms with E-state index in [1.54, 1.807) is 4.90 Å². The Hall–Kier alpha value is -3.42. The number of nitrogen functional groups attached to an aromatic ring is 1. The van der Waals surface area contributed by atoms with Crippen LogP contribution in [0.4, 0.5) is 17.1 Å². The second-order valence-electron chi connectivity index (χ2n) is 5.95. The Morgan fingerprint density at radius 2 is 2.00 bits per heavy atom. The van der Waals surface area contributed by atoms with E-state index in [1.165, 1.54) is 19.1 Å². The summed E-state index contributed by atoms with van der Waals surface area (Å²) in [6.45, 7) is 2.00. The van der Waals surface area contributed by atoms with E-state index in [0.29, 0.717) is 6.54 Å². The number of anilines is 2. The largest absolute Gasteiger partial charge is 0.449 e. The summed E-state index contributed by atoms with van der Waals surface area (Å²) >= 11 is 0. The summed E-state index contributed by atoms with van der Waals surface area (Å²) in [5.74, 6) is -1.16. The number of carbonyl (C=O) groups is 2. The standard InChI is InChI=1S/C18H17N3O5/c1-11(17(22)20-9-8-12-4-2-3-5-15(12)20)26-18(23)13-6-7-14(19)16(10-13)21(24)25/h2-7,10-11H,8-9,19H2,1H3/t11-/m1/s1. The molecule has 1 heterocycles. The molecule has 1 amide bonds. The lowest BCUT2D eigenvalue weighted by atomic mass is 10.1. The van der Waals surface area contributed by atoms with Crippen molar-refractivity contribution in [1.82, 2.24) is 0 Å². The second-order valence-corrected chi connectivity index (χ2v) is 5.95. The summed E-state index contributed by atoms with van der Waals surface area (Å²) in [5.41, 5.74) is 6.92. The van der Waals surface area contributed by atoms with Crippen LogP contribution in [0.25, 0.3) is 0 Å². The molecule has 8 nitrogen and oxygen atoms in total. The zero-order valence-corrected chi connectivity index (χ0v) is 14.0. The van der Waals surface area contributed by atoms with E-state index in [-0.39, 0.29) is 22.8 Å². The van der Waals surface area contributed by atoms with Crippen molar-refractivity contribution in [2.45, 2.75) is 19.4 Å². The molecule has 2 aromatic carbocycles. The van der Waals surface area contributed by atoms with Gasteiger partial charge in [0, 0.05) is 18.3 Å². The van der Waals surface area contributed by atoms with E-state index in [2.05, 4.69) is 0 Å². The number of ether oxygens (including phenoxy) is 1. The maximum atomic E-state index is 12.6. The second kappa shape index (κ2) is 6.83. The van der Waals surface area contributed by atoms with E-state index in [1.807, 2.05) is 24.3 Å². The van der Waals surface area contributed by atoms with E-state index in [9.17, 15) is 19.7 Å². The number of fused-ring (bicyclic) bond motifs is 1. The quantitative estimate of drug-likeness (QED) is 0.389. The summed E-state index contributed by atoms with van der Waals surface area (Å²) < 4.78 is 5.21. The van der Waals surface area contributed by atoms with Crippen LogP contribution in [0.5, 0.6) is 0 Å². The van der Waals surface area contributed by atoms with Crippen LogP contribution < -0.4 is 10.6 Å². The minimum Gasteiger partial charge on any atom is -0.449 e. The van der Waals surface area contributed by atoms with Gasteiger partial charge in [0.15, 0.2) is 6.10 Å². The fraction of sp³-hybridized carbons (Fsp3) is 0.222. The Balaban J connectivity index is 1.73. The normalized spacial score (nSPS) is 13.8.